The summed E-state index contributed by atoms with van der Waals surface area (Å²) in [5.74, 6) is -1.40. The number of ether oxygens (including phenoxy) is 1. The molecular weight excluding hydrogens is 495 g/mol. The number of nitrogens with zero attached hydrogens (tertiary/aromatic N) is 1. The largest absolute Gasteiger partial charge is 0.466 e. The van der Waals surface area contributed by atoms with Crippen LogP contribution in [0.5, 0.6) is 0 Å². The lowest BCUT2D eigenvalue weighted by atomic mass is 9.89. The highest BCUT2D eigenvalue weighted by molar-refractivity contribution is 5.82. The van der Waals surface area contributed by atoms with Crippen molar-refractivity contribution in [1.29, 1.82) is 0 Å². The Bertz CT molecular complexity index is 1390. The molecule has 2 atom stereocenters. The first-order valence-corrected chi connectivity index (χ1v) is 13.4. The summed E-state index contributed by atoms with van der Waals surface area (Å²) in [5.41, 5.74) is 5.33. The Morgan fingerprint density at radius 2 is 1.69 bits per heavy atom. The monoisotopic (exact) mass is 536 g/mol. The Morgan fingerprint density at radius 3 is 2.28 bits per heavy atom. The molecule has 1 aromatic heterocycles. The summed E-state index contributed by atoms with van der Waals surface area (Å²) in [4.78, 5) is 38.9. The maximum Gasteiger partial charge on any atom is 0.308 e. The standard InChI is InChI=1S/C32H39FN2O4.H2/c1-8-39-29(37)18-26(34-32(38)27(13-19(2)3)35-12-10-9-11-28(35)36)25-17-24(16-23(7)31(25)33)30-21(5)14-20(4)15-22(30)6;/h9-12,14-17,19,26-27H,8,13,18H2,1-7H3,(H,34,38);1H/t26-,27?;/m0./s1. The fraction of sp³-hybridized carbons (Fsp3) is 0.406. The van der Waals surface area contributed by atoms with Crippen LogP contribution >= 0.6 is 0 Å². The summed E-state index contributed by atoms with van der Waals surface area (Å²) in [6.07, 6.45) is 1.72. The van der Waals surface area contributed by atoms with Crippen molar-refractivity contribution < 1.29 is 20.1 Å². The third kappa shape index (κ3) is 7.22. The first-order valence-electron chi connectivity index (χ1n) is 13.4. The van der Waals surface area contributed by atoms with Gasteiger partial charge in [-0.2, -0.15) is 0 Å². The SMILES string of the molecule is CCOC(=O)C[C@H](NC(=O)C(CC(C)C)n1ccccc1=O)c1cc(-c2c(C)cc(C)cc2C)cc(C)c1F.[HH]. The molecule has 3 aromatic rings. The van der Waals surface area contributed by atoms with E-state index in [2.05, 4.69) is 17.4 Å². The van der Waals surface area contributed by atoms with Gasteiger partial charge in [-0.25, -0.2) is 4.39 Å². The van der Waals surface area contributed by atoms with Crippen molar-refractivity contribution in [3.63, 3.8) is 0 Å². The van der Waals surface area contributed by atoms with Gasteiger partial charge in [-0.1, -0.05) is 37.6 Å². The Labute approximate surface area is 231 Å². The lowest BCUT2D eigenvalue weighted by molar-refractivity contribution is -0.144. The number of aromatic nitrogens is 1. The molecule has 0 aliphatic heterocycles. The predicted octanol–water partition coefficient (Wildman–Crippen LogP) is 6.53. The van der Waals surface area contributed by atoms with Gasteiger partial charge in [-0.3, -0.25) is 14.4 Å². The highest BCUT2D eigenvalue weighted by Gasteiger charge is 2.29. The number of hydrogen-bond donors (Lipinski definition) is 1. The Balaban J connectivity index is 0.00000560. The first kappa shape index (κ1) is 29.8. The summed E-state index contributed by atoms with van der Waals surface area (Å²) < 4.78 is 22.3. The summed E-state index contributed by atoms with van der Waals surface area (Å²) in [6.45, 7) is 13.5. The van der Waals surface area contributed by atoms with E-state index in [9.17, 15) is 14.4 Å². The predicted molar refractivity (Wildman–Crippen MR) is 154 cm³/mol. The minimum atomic E-state index is -0.990. The van der Waals surface area contributed by atoms with E-state index in [1.807, 2.05) is 34.6 Å². The highest BCUT2D eigenvalue weighted by Crippen LogP contribution is 2.34. The number of benzene rings is 2. The van der Waals surface area contributed by atoms with Crippen LogP contribution < -0.4 is 10.9 Å². The zero-order valence-corrected chi connectivity index (χ0v) is 23.9. The number of hydrogen-bond acceptors (Lipinski definition) is 4. The molecule has 0 aliphatic rings. The van der Waals surface area contributed by atoms with Crippen molar-refractivity contribution in [3.05, 3.63) is 92.6 Å². The van der Waals surface area contributed by atoms with Gasteiger partial charge in [0.2, 0.25) is 5.91 Å². The van der Waals surface area contributed by atoms with E-state index >= 15 is 4.39 Å². The molecule has 0 aliphatic carbocycles. The zero-order valence-electron chi connectivity index (χ0n) is 23.9. The molecule has 1 amide bonds. The Hall–Kier alpha value is -3.74. The molecule has 0 fully saturated rings. The second kappa shape index (κ2) is 12.9. The quantitative estimate of drug-likeness (QED) is 0.299. The molecule has 6 nitrogen and oxygen atoms in total. The number of halogens is 1. The molecule has 3 rings (SSSR count). The third-order valence-corrected chi connectivity index (χ3v) is 6.80. The van der Waals surface area contributed by atoms with E-state index in [0.717, 1.165) is 27.8 Å². The minimum Gasteiger partial charge on any atom is -0.466 e. The summed E-state index contributed by atoms with van der Waals surface area (Å²) >= 11 is 0. The average Bonchev–Trinajstić information content (AvgIpc) is 2.84. The molecule has 7 heteroatoms. The van der Waals surface area contributed by atoms with Gasteiger partial charge in [-0.15, -0.1) is 0 Å². The number of carbonyl (C=O) groups is 2. The van der Waals surface area contributed by atoms with Crippen molar-refractivity contribution in [2.75, 3.05) is 6.61 Å². The van der Waals surface area contributed by atoms with E-state index in [0.29, 0.717) is 12.0 Å². The van der Waals surface area contributed by atoms with E-state index in [1.54, 1.807) is 44.3 Å². The maximum atomic E-state index is 15.7. The summed E-state index contributed by atoms with van der Waals surface area (Å²) in [5, 5.41) is 2.90. The van der Waals surface area contributed by atoms with Crippen LogP contribution in [0.15, 0.2) is 53.5 Å². The number of pyridine rings is 1. The van der Waals surface area contributed by atoms with Gasteiger partial charge in [0.05, 0.1) is 19.1 Å². The topological polar surface area (TPSA) is 77.4 Å². The maximum absolute atomic E-state index is 15.7. The van der Waals surface area contributed by atoms with Crippen LogP contribution in [0.2, 0.25) is 0 Å². The summed E-state index contributed by atoms with van der Waals surface area (Å²) in [7, 11) is 0. The highest BCUT2D eigenvalue weighted by atomic mass is 19.1. The van der Waals surface area contributed by atoms with Gasteiger partial charge in [0.1, 0.15) is 11.9 Å². The van der Waals surface area contributed by atoms with Gasteiger partial charge in [0.15, 0.2) is 0 Å². The first-order chi connectivity index (χ1) is 18.4. The van der Waals surface area contributed by atoms with E-state index in [1.165, 1.54) is 10.6 Å². The van der Waals surface area contributed by atoms with Gasteiger partial charge in [0, 0.05) is 19.3 Å². The van der Waals surface area contributed by atoms with E-state index in [-0.39, 0.29) is 31.5 Å². The molecule has 0 radical (unpaired) electrons. The molecule has 0 bridgehead atoms. The van der Waals surface area contributed by atoms with Gasteiger partial charge in [-0.05, 0) is 93.0 Å². The van der Waals surface area contributed by atoms with Crippen LogP contribution in [0.25, 0.3) is 11.1 Å². The lowest BCUT2D eigenvalue weighted by Crippen LogP contribution is -2.40. The van der Waals surface area contributed by atoms with Crippen LogP contribution in [-0.2, 0) is 14.3 Å². The van der Waals surface area contributed by atoms with E-state index in [4.69, 9.17) is 4.74 Å². The molecule has 2 aromatic carbocycles. The van der Waals surface area contributed by atoms with Crippen molar-refractivity contribution >= 4 is 11.9 Å². The van der Waals surface area contributed by atoms with Crippen LogP contribution in [-0.4, -0.2) is 23.1 Å². The number of esters is 1. The molecular formula is C32H41FN2O4. The number of aryl methyl sites for hydroxylation is 4. The molecule has 1 N–H and O–H groups in total. The smallest absolute Gasteiger partial charge is 0.308 e. The fourth-order valence-corrected chi connectivity index (χ4v) is 5.21. The van der Waals surface area contributed by atoms with Crippen molar-refractivity contribution in [1.82, 2.24) is 9.88 Å². The number of nitrogens with one attached hydrogen (secondary N) is 1. The lowest BCUT2D eigenvalue weighted by Gasteiger charge is -2.26. The second-order valence-corrected chi connectivity index (χ2v) is 10.6. The number of rotatable bonds is 10. The molecule has 0 spiro atoms. The zero-order chi connectivity index (χ0) is 28.9. The van der Waals surface area contributed by atoms with Gasteiger partial charge < -0.3 is 14.6 Å². The molecule has 1 unspecified atom stereocenters. The molecule has 1 heterocycles. The van der Waals surface area contributed by atoms with Gasteiger partial charge >= 0.3 is 5.97 Å². The van der Waals surface area contributed by atoms with Crippen LogP contribution in [0.3, 0.4) is 0 Å². The number of carbonyl (C=O) groups excluding carboxylic acids is 2. The Kier molecular flexibility index (Phi) is 9.84. The molecule has 210 valence electrons. The van der Waals surface area contributed by atoms with Crippen molar-refractivity contribution in [3.8, 4) is 11.1 Å². The summed E-state index contributed by atoms with van der Waals surface area (Å²) in [6, 6.07) is 10.5. The average molecular weight is 537 g/mol. The molecule has 0 saturated heterocycles. The fourth-order valence-electron chi connectivity index (χ4n) is 5.21. The molecule has 0 saturated carbocycles. The van der Waals surface area contributed by atoms with E-state index < -0.39 is 29.8 Å². The van der Waals surface area contributed by atoms with Crippen LogP contribution in [0.1, 0.15) is 74.9 Å². The Morgan fingerprint density at radius 1 is 1.03 bits per heavy atom. The van der Waals surface area contributed by atoms with Crippen molar-refractivity contribution in [2.45, 2.75) is 73.4 Å². The van der Waals surface area contributed by atoms with Gasteiger partial charge in [0.25, 0.3) is 5.56 Å². The minimum absolute atomic E-state index is 0. The second-order valence-electron chi connectivity index (χ2n) is 10.6. The van der Waals surface area contributed by atoms with Crippen LogP contribution in [0, 0.1) is 39.4 Å². The molecule has 39 heavy (non-hydrogen) atoms. The third-order valence-electron chi connectivity index (χ3n) is 6.80. The normalized spacial score (nSPS) is 12.7. The van der Waals surface area contributed by atoms with Crippen LogP contribution in [0.4, 0.5) is 4.39 Å². The van der Waals surface area contributed by atoms with Crippen molar-refractivity contribution in [2.24, 2.45) is 5.92 Å². The number of amides is 1.